The average molecular weight is 556 g/mol. The van der Waals surface area contributed by atoms with Crippen molar-refractivity contribution >= 4 is 0 Å². The summed E-state index contributed by atoms with van der Waals surface area (Å²) in [4.78, 5) is 0. The van der Waals surface area contributed by atoms with E-state index in [-0.39, 0.29) is 17.7 Å². The third-order valence-electron chi connectivity index (χ3n) is 5.03. The zero-order valence-corrected chi connectivity index (χ0v) is 19.0. The van der Waals surface area contributed by atoms with Crippen LogP contribution in [0.25, 0.3) is 11.1 Å². The zero-order valence-electron chi connectivity index (χ0n) is 19.0. The van der Waals surface area contributed by atoms with Crippen molar-refractivity contribution in [2.75, 3.05) is 0 Å². The van der Waals surface area contributed by atoms with Crippen molar-refractivity contribution in [1.82, 2.24) is 0 Å². The summed E-state index contributed by atoms with van der Waals surface area (Å²) in [6.07, 6.45) is -12.4. The van der Waals surface area contributed by atoms with Gasteiger partial charge in [0.25, 0.3) is 5.83 Å². The van der Waals surface area contributed by atoms with E-state index in [1.165, 1.54) is 12.1 Å². The summed E-state index contributed by atoms with van der Waals surface area (Å²) in [6.45, 7) is 1.94. The maximum Gasteiger partial charge on any atom is 0.459 e. The summed E-state index contributed by atoms with van der Waals surface area (Å²) < 4.78 is 157. The predicted octanol–water partition coefficient (Wildman–Crippen LogP) is 9.04. The van der Waals surface area contributed by atoms with Gasteiger partial charge in [-0.05, 0) is 35.2 Å². The van der Waals surface area contributed by atoms with Crippen LogP contribution in [0.5, 0.6) is 11.5 Å². The highest BCUT2D eigenvalue weighted by Crippen LogP contribution is 2.40. The lowest BCUT2D eigenvalue weighted by Crippen LogP contribution is -2.27. The molecule has 0 spiro atoms. The van der Waals surface area contributed by atoms with Gasteiger partial charge >= 0.3 is 18.3 Å². The molecule has 0 aliphatic carbocycles. The predicted molar refractivity (Wildman–Crippen MR) is 113 cm³/mol. The van der Waals surface area contributed by atoms with Gasteiger partial charge in [-0.3, -0.25) is 0 Å². The number of rotatable bonds is 9. The molecule has 0 aliphatic rings. The summed E-state index contributed by atoms with van der Waals surface area (Å²) in [5.41, 5.74) is -0.798. The van der Waals surface area contributed by atoms with Crippen LogP contribution < -0.4 is 9.47 Å². The Balaban J connectivity index is 1.89. The highest BCUT2D eigenvalue weighted by atomic mass is 19.3. The van der Waals surface area contributed by atoms with Gasteiger partial charge in [0.05, 0.1) is 0 Å². The maximum absolute atomic E-state index is 14.6. The first-order valence-electron chi connectivity index (χ1n) is 10.6. The van der Waals surface area contributed by atoms with E-state index in [4.69, 9.17) is 0 Å². The summed E-state index contributed by atoms with van der Waals surface area (Å²) in [5.74, 6) is -15.0. The fraction of sp³-hybridized carbons (Fsp3) is 0.200. The second-order valence-corrected chi connectivity index (χ2v) is 7.79. The van der Waals surface area contributed by atoms with Gasteiger partial charge in [-0.15, -0.1) is 0 Å². The molecule has 0 fully saturated rings. The summed E-state index contributed by atoms with van der Waals surface area (Å²) in [7, 11) is 0. The molecule has 0 atom stereocenters. The molecule has 0 saturated heterocycles. The fourth-order valence-corrected chi connectivity index (χ4v) is 3.35. The molecular weight excluding hydrogens is 541 g/mol. The van der Waals surface area contributed by atoms with E-state index in [9.17, 15) is 48.3 Å². The number of alkyl halides is 4. The van der Waals surface area contributed by atoms with Gasteiger partial charge in [-0.25, -0.2) is 17.6 Å². The van der Waals surface area contributed by atoms with Crippen molar-refractivity contribution < 1.29 is 57.8 Å². The normalized spacial score (nSPS) is 11.9. The molecule has 3 rings (SSSR count). The van der Waals surface area contributed by atoms with Gasteiger partial charge in [0, 0.05) is 12.1 Å². The van der Waals surface area contributed by atoms with Crippen molar-refractivity contribution in [3.8, 4) is 22.6 Å². The van der Waals surface area contributed by atoms with Gasteiger partial charge in [0.1, 0.15) is 22.9 Å². The Labute approximate surface area is 207 Å². The zero-order chi connectivity index (χ0) is 28.4. The molecule has 0 bridgehead atoms. The molecule has 0 aromatic heterocycles. The topological polar surface area (TPSA) is 18.5 Å². The lowest BCUT2D eigenvalue weighted by atomic mass is 10.00. The van der Waals surface area contributed by atoms with Crippen molar-refractivity contribution in [2.24, 2.45) is 0 Å². The van der Waals surface area contributed by atoms with Crippen LogP contribution in [0.15, 0.2) is 60.4 Å². The maximum atomic E-state index is 14.6. The number of hydrogen-bond donors (Lipinski definition) is 0. The van der Waals surface area contributed by atoms with Gasteiger partial charge < -0.3 is 9.47 Å². The van der Waals surface area contributed by atoms with E-state index < -0.39 is 64.5 Å². The molecule has 0 unspecified atom stereocenters. The first-order chi connectivity index (χ1) is 17.7. The number of halogens is 11. The van der Waals surface area contributed by atoms with Gasteiger partial charge in [0.2, 0.25) is 0 Å². The Bertz CT molecular complexity index is 1300. The minimum Gasteiger partial charge on any atom is -0.429 e. The van der Waals surface area contributed by atoms with Crippen LogP contribution in [0.1, 0.15) is 24.5 Å². The van der Waals surface area contributed by atoms with Crippen LogP contribution in [0.3, 0.4) is 0 Å². The van der Waals surface area contributed by atoms with Crippen molar-refractivity contribution in [3.63, 3.8) is 0 Å². The lowest BCUT2D eigenvalue weighted by Gasteiger charge is -2.21. The van der Waals surface area contributed by atoms with Crippen LogP contribution in [0, 0.1) is 23.3 Å². The van der Waals surface area contributed by atoms with Crippen molar-refractivity contribution in [2.45, 2.75) is 32.0 Å². The quantitative estimate of drug-likeness (QED) is 0.245. The number of ether oxygens (including phenoxy) is 2. The third-order valence-corrected chi connectivity index (χ3v) is 5.03. The molecule has 38 heavy (non-hydrogen) atoms. The molecule has 2 nitrogen and oxygen atoms in total. The smallest absolute Gasteiger partial charge is 0.429 e. The van der Waals surface area contributed by atoms with E-state index in [1.807, 2.05) is 6.92 Å². The van der Waals surface area contributed by atoms with Gasteiger partial charge in [-0.1, -0.05) is 37.6 Å². The van der Waals surface area contributed by atoms with E-state index in [0.29, 0.717) is 17.7 Å². The Morgan fingerprint density at radius 2 is 1.24 bits per heavy atom. The van der Waals surface area contributed by atoms with Crippen LogP contribution in [-0.4, -0.2) is 6.11 Å². The largest absolute Gasteiger partial charge is 0.459 e. The van der Waals surface area contributed by atoms with Gasteiger partial charge in [0.15, 0.2) is 17.4 Å². The first-order valence-corrected chi connectivity index (χ1v) is 10.6. The van der Waals surface area contributed by atoms with E-state index in [2.05, 4.69) is 9.47 Å². The van der Waals surface area contributed by atoms with Gasteiger partial charge in [-0.2, -0.15) is 30.7 Å². The van der Waals surface area contributed by atoms with Crippen LogP contribution in [0.2, 0.25) is 0 Å². The summed E-state index contributed by atoms with van der Waals surface area (Å²) in [6, 6.07) is 7.24. The molecular formula is C25H15F11O2. The molecule has 3 aromatic carbocycles. The first kappa shape index (κ1) is 28.8. The van der Waals surface area contributed by atoms with E-state index >= 15 is 0 Å². The van der Waals surface area contributed by atoms with E-state index in [0.717, 1.165) is 18.4 Å². The van der Waals surface area contributed by atoms with Crippen LogP contribution in [0.4, 0.5) is 48.3 Å². The third kappa shape index (κ3) is 6.20. The molecule has 3 aromatic rings. The Kier molecular flexibility index (Phi) is 8.27. The highest BCUT2D eigenvalue weighted by molar-refractivity contribution is 5.64. The van der Waals surface area contributed by atoms with Crippen LogP contribution in [-0.2, 0) is 12.5 Å². The molecule has 0 radical (unpaired) electrons. The molecule has 0 heterocycles. The SMILES string of the molecule is CCCc1ccc(-c2cc(F)c(C(F)(F)Oc3cc(F)c(OC(F)(F)C(F)=C(F)F)c(F)c3)c(F)c2)cc1. The van der Waals surface area contributed by atoms with Crippen LogP contribution >= 0.6 is 0 Å². The highest BCUT2D eigenvalue weighted by Gasteiger charge is 2.45. The average Bonchev–Trinajstić information content (AvgIpc) is 2.80. The molecule has 204 valence electrons. The molecule has 0 saturated carbocycles. The van der Waals surface area contributed by atoms with E-state index in [1.54, 1.807) is 12.1 Å². The lowest BCUT2D eigenvalue weighted by molar-refractivity contribution is -0.190. The minimum atomic E-state index is -5.52. The monoisotopic (exact) mass is 556 g/mol. The number of aryl methyl sites for hydroxylation is 1. The Morgan fingerprint density at radius 1 is 0.711 bits per heavy atom. The second-order valence-electron chi connectivity index (χ2n) is 7.79. The van der Waals surface area contributed by atoms with Crippen molar-refractivity contribution in [1.29, 1.82) is 0 Å². The minimum absolute atomic E-state index is 0.104. The molecule has 13 heteroatoms. The summed E-state index contributed by atoms with van der Waals surface area (Å²) in [5, 5.41) is 0. The molecule has 0 aliphatic heterocycles. The molecule has 0 amide bonds. The van der Waals surface area contributed by atoms with Crippen molar-refractivity contribution in [3.05, 3.63) is 94.8 Å². The second kappa shape index (κ2) is 10.9. The number of hydrogen-bond acceptors (Lipinski definition) is 2. The summed E-state index contributed by atoms with van der Waals surface area (Å²) >= 11 is 0. The Hall–Kier alpha value is -3.77. The standard InChI is InChI=1S/C25H15F11O2/c1-2-3-12-4-6-13(7-5-12)14-8-16(26)20(17(27)9-14)24(33,34)37-15-10-18(28)21(19(29)11-15)38-25(35,36)22(30)23(31)32/h4-11H,2-3H2,1H3. The number of benzene rings is 3. The Morgan fingerprint density at radius 3 is 1.71 bits per heavy atom. The molecule has 0 N–H and O–H groups in total. The fourth-order valence-electron chi connectivity index (χ4n) is 3.35.